The highest BCUT2D eigenvalue weighted by molar-refractivity contribution is 7.85. The van der Waals surface area contributed by atoms with Crippen LogP contribution >= 0.6 is 0 Å². The topological polar surface area (TPSA) is 117 Å². The third kappa shape index (κ3) is 4.22. The second kappa shape index (κ2) is 7.16. The molecule has 0 spiro atoms. The van der Waals surface area contributed by atoms with Crippen LogP contribution in [0.4, 0.5) is 5.95 Å². The van der Waals surface area contributed by atoms with Crippen LogP contribution in [-0.4, -0.2) is 33.6 Å². The van der Waals surface area contributed by atoms with E-state index >= 15 is 0 Å². The van der Waals surface area contributed by atoms with E-state index in [0.29, 0.717) is 17.0 Å². The van der Waals surface area contributed by atoms with E-state index in [0.717, 1.165) is 0 Å². The minimum absolute atomic E-state index is 0.232. The quantitative estimate of drug-likeness (QED) is 0.408. The van der Waals surface area contributed by atoms with Crippen molar-refractivity contribution in [1.82, 2.24) is 15.0 Å². The second-order valence-electron chi connectivity index (χ2n) is 4.86. The number of pyridine rings is 1. The molecule has 0 aliphatic heterocycles. The molecule has 9 heteroatoms. The van der Waals surface area contributed by atoms with Crippen molar-refractivity contribution in [2.75, 3.05) is 5.43 Å². The zero-order chi connectivity index (χ0) is 17.7. The molecule has 25 heavy (non-hydrogen) atoms. The number of anilines is 1. The smallest absolute Gasteiger partial charge is 0.282 e. The van der Waals surface area contributed by atoms with Crippen LogP contribution in [0.3, 0.4) is 0 Å². The maximum atomic E-state index is 11.4. The Kier molecular flexibility index (Phi) is 4.78. The first-order valence-corrected chi connectivity index (χ1v) is 8.58. The summed E-state index contributed by atoms with van der Waals surface area (Å²) in [7, 11) is -4.33. The molecule has 8 nitrogen and oxygen atoms in total. The van der Waals surface area contributed by atoms with E-state index in [1.54, 1.807) is 48.9 Å². The van der Waals surface area contributed by atoms with Crippen LogP contribution < -0.4 is 5.43 Å². The van der Waals surface area contributed by atoms with Crippen LogP contribution in [0.15, 0.2) is 77.1 Å². The first-order valence-electron chi connectivity index (χ1n) is 7.14. The molecule has 0 aliphatic carbocycles. The van der Waals surface area contributed by atoms with Crippen LogP contribution in [0.1, 0.15) is 11.3 Å². The van der Waals surface area contributed by atoms with Crippen molar-refractivity contribution < 1.29 is 13.0 Å². The van der Waals surface area contributed by atoms with Crippen molar-refractivity contribution in [3.63, 3.8) is 0 Å². The zero-order valence-electron chi connectivity index (χ0n) is 12.8. The number of nitrogens with zero attached hydrogens (tertiary/aromatic N) is 4. The van der Waals surface area contributed by atoms with Gasteiger partial charge in [-0.15, -0.1) is 0 Å². The summed E-state index contributed by atoms with van der Waals surface area (Å²) in [5.41, 5.74) is 4.06. The number of hydrazone groups is 1. The third-order valence-corrected chi connectivity index (χ3v) is 4.00. The summed E-state index contributed by atoms with van der Waals surface area (Å²) in [6.07, 6.45) is 4.71. The SMILES string of the molecule is O=S(=O)(O)c1cccc(/C(=N\Nc2ncccn2)c2ccccn2)c1. The van der Waals surface area contributed by atoms with Gasteiger partial charge in [-0.3, -0.25) is 9.54 Å². The molecule has 0 radical (unpaired) electrons. The van der Waals surface area contributed by atoms with E-state index in [1.165, 1.54) is 18.2 Å². The molecule has 0 amide bonds. The summed E-state index contributed by atoms with van der Waals surface area (Å²) >= 11 is 0. The predicted octanol–water partition coefficient (Wildman–Crippen LogP) is 1.98. The van der Waals surface area contributed by atoms with E-state index in [1.807, 2.05) is 0 Å². The van der Waals surface area contributed by atoms with Gasteiger partial charge in [-0.1, -0.05) is 18.2 Å². The lowest BCUT2D eigenvalue weighted by atomic mass is 10.1. The van der Waals surface area contributed by atoms with Crippen LogP contribution in [0, 0.1) is 0 Å². The van der Waals surface area contributed by atoms with Gasteiger partial charge in [0.05, 0.1) is 10.6 Å². The van der Waals surface area contributed by atoms with Crippen molar-refractivity contribution in [2.45, 2.75) is 4.90 Å². The number of hydrogen-bond donors (Lipinski definition) is 2. The zero-order valence-corrected chi connectivity index (χ0v) is 13.6. The summed E-state index contributed by atoms with van der Waals surface area (Å²) in [5, 5.41) is 4.26. The molecule has 2 N–H and O–H groups in total. The van der Waals surface area contributed by atoms with Crippen molar-refractivity contribution in [2.24, 2.45) is 5.10 Å². The van der Waals surface area contributed by atoms with Gasteiger partial charge < -0.3 is 0 Å². The monoisotopic (exact) mass is 355 g/mol. The lowest BCUT2D eigenvalue weighted by Crippen LogP contribution is -2.10. The Morgan fingerprint density at radius 1 is 0.960 bits per heavy atom. The maximum absolute atomic E-state index is 11.4. The Morgan fingerprint density at radius 2 is 1.72 bits per heavy atom. The average Bonchev–Trinajstić information content (AvgIpc) is 2.63. The summed E-state index contributed by atoms with van der Waals surface area (Å²) in [6, 6.07) is 12.7. The molecule has 0 saturated heterocycles. The fourth-order valence-electron chi connectivity index (χ4n) is 2.04. The summed E-state index contributed by atoms with van der Waals surface area (Å²) < 4.78 is 32.0. The van der Waals surface area contributed by atoms with Crippen LogP contribution in [-0.2, 0) is 10.1 Å². The number of rotatable bonds is 5. The first kappa shape index (κ1) is 16.7. The summed E-state index contributed by atoms with van der Waals surface area (Å²) in [4.78, 5) is 12.0. The maximum Gasteiger partial charge on any atom is 0.294 e. The summed E-state index contributed by atoms with van der Waals surface area (Å²) in [5.74, 6) is 0.280. The molecule has 1 aromatic carbocycles. The molecule has 0 atom stereocenters. The van der Waals surface area contributed by atoms with E-state index in [4.69, 9.17) is 0 Å². The van der Waals surface area contributed by atoms with Crippen LogP contribution in [0.5, 0.6) is 0 Å². The molecule has 2 aromatic heterocycles. The van der Waals surface area contributed by atoms with Gasteiger partial charge in [-0.05, 0) is 30.3 Å². The number of nitrogens with one attached hydrogen (secondary N) is 1. The van der Waals surface area contributed by atoms with Gasteiger partial charge in [0.25, 0.3) is 10.1 Å². The molecular formula is C16H13N5O3S. The van der Waals surface area contributed by atoms with Crippen molar-refractivity contribution in [3.05, 3.63) is 78.4 Å². The van der Waals surface area contributed by atoms with Gasteiger partial charge in [0.15, 0.2) is 0 Å². The average molecular weight is 355 g/mol. The third-order valence-electron chi connectivity index (χ3n) is 3.15. The molecule has 0 unspecified atom stereocenters. The molecule has 3 rings (SSSR count). The molecular weight excluding hydrogens is 342 g/mol. The Bertz CT molecular complexity index is 993. The van der Waals surface area contributed by atoms with Gasteiger partial charge in [-0.2, -0.15) is 13.5 Å². The molecule has 0 aliphatic rings. The Hall–Kier alpha value is -3.17. The lowest BCUT2D eigenvalue weighted by molar-refractivity contribution is 0.483. The molecule has 2 heterocycles. The van der Waals surface area contributed by atoms with E-state index in [9.17, 15) is 13.0 Å². The van der Waals surface area contributed by atoms with Gasteiger partial charge >= 0.3 is 0 Å². The molecule has 126 valence electrons. The Morgan fingerprint density at radius 3 is 2.40 bits per heavy atom. The first-order chi connectivity index (χ1) is 12.0. The van der Waals surface area contributed by atoms with Gasteiger partial charge in [0.1, 0.15) is 5.71 Å². The van der Waals surface area contributed by atoms with Crippen molar-refractivity contribution in [1.29, 1.82) is 0 Å². The number of benzene rings is 1. The molecule has 3 aromatic rings. The van der Waals surface area contributed by atoms with Crippen molar-refractivity contribution in [3.8, 4) is 0 Å². The van der Waals surface area contributed by atoms with Gasteiger partial charge in [0.2, 0.25) is 5.95 Å². The molecule has 0 fully saturated rings. The fourth-order valence-corrected chi connectivity index (χ4v) is 2.57. The molecule has 0 saturated carbocycles. The second-order valence-corrected chi connectivity index (χ2v) is 6.28. The van der Waals surface area contributed by atoms with E-state index < -0.39 is 10.1 Å². The fraction of sp³-hybridized carbons (Fsp3) is 0. The Labute approximate surface area is 144 Å². The highest BCUT2D eigenvalue weighted by Crippen LogP contribution is 2.15. The van der Waals surface area contributed by atoms with Gasteiger partial charge in [-0.25, -0.2) is 15.4 Å². The predicted molar refractivity (Wildman–Crippen MR) is 91.8 cm³/mol. The van der Waals surface area contributed by atoms with Crippen LogP contribution in [0.2, 0.25) is 0 Å². The minimum Gasteiger partial charge on any atom is -0.282 e. The highest BCUT2D eigenvalue weighted by Gasteiger charge is 2.14. The number of hydrogen-bond acceptors (Lipinski definition) is 7. The highest BCUT2D eigenvalue weighted by atomic mass is 32.2. The number of aromatic nitrogens is 3. The minimum atomic E-state index is -4.33. The lowest BCUT2D eigenvalue weighted by Gasteiger charge is -2.08. The largest absolute Gasteiger partial charge is 0.294 e. The van der Waals surface area contributed by atoms with E-state index in [-0.39, 0.29) is 10.8 Å². The summed E-state index contributed by atoms with van der Waals surface area (Å²) in [6.45, 7) is 0. The van der Waals surface area contributed by atoms with Crippen molar-refractivity contribution >= 4 is 21.8 Å². The standard InChI is InChI=1S/C16H13N5O3S/c22-25(23,24)13-6-3-5-12(11-13)15(14-7-1-2-8-17-14)20-21-16-18-9-4-10-19-16/h1-11H,(H,18,19,21)(H,22,23,24)/b20-15+. The molecule has 0 bridgehead atoms. The van der Waals surface area contributed by atoms with Gasteiger partial charge in [0, 0.05) is 24.2 Å². The normalized spacial score (nSPS) is 12.0. The van der Waals surface area contributed by atoms with Crippen LogP contribution in [0.25, 0.3) is 0 Å². The van der Waals surface area contributed by atoms with E-state index in [2.05, 4.69) is 25.5 Å². The Balaban J connectivity index is 2.06.